The lowest BCUT2D eigenvalue weighted by Gasteiger charge is -2.18. The van der Waals surface area contributed by atoms with E-state index in [1.54, 1.807) is 0 Å². The number of unbranched alkanes of at least 4 members (excludes halogenated alkanes) is 21. The number of ether oxygens (including phenoxy) is 3. The van der Waals surface area contributed by atoms with Crippen LogP contribution in [0.15, 0.2) is 72.9 Å². The van der Waals surface area contributed by atoms with Crippen molar-refractivity contribution in [1.29, 1.82) is 0 Å². The molecule has 6 heteroatoms. The monoisotopic (exact) mass is 837 g/mol. The summed E-state index contributed by atoms with van der Waals surface area (Å²) in [5, 5.41) is 0. The molecule has 0 aromatic rings. The smallest absolute Gasteiger partial charge is 0.306 e. The van der Waals surface area contributed by atoms with Gasteiger partial charge >= 0.3 is 17.9 Å². The Morgan fingerprint density at radius 3 is 1.12 bits per heavy atom. The summed E-state index contributed by atoms with van der Waals surface area (Å²) in [5.41, 5.74) is 0. The number of esters is 3. The van der Waals surface area contributed by atoms with Crippen LogP contribution < -0.4 is 0 Å². The van der Waals surface area contributed by atoms with Crippen molar-refractivity contribution in [3.63, 3.8) is 0 Å². The van der Waals surface area contributed by atoms with E-state index in [4.69, 9.17) is 14.2 Å². The zero-order valence-corrected chi connectivity index (χ0v) is 39.2. The maximum absolute atomic E-state index is 12.7. The largest absolute Gasteiger partial charge is 0.462 e. The van der Waals surface area contributed by atoms with Crippen LogP contribution in [-0.4, -0.2) is 37.2 Å². The average Bonchev–Trinajstić information content (AvgIpc) is 3.24. The fourth-order valence-corrected chi connectivity index (χ4v) is 6.68. The Kier molecular flexibility index (Phi) is 46.0. The Morgan fingerprint density at radius 2 is 0.683 bits per heavy atom. The van der Waals surface area contributed by atoms with Gasteiger partial charge in [-0.25, -0.2) is 0 Å². The molecule has 0 bridgehead atoms. The molecule has 1 atom stereocenters. The van der Waals surface area contributed by atoms with E-state index in [1.807, 2.05) is 12.2 Å². The maximum atomic E-state index is 12.7. The third-order valence-corrected chi connectivity index (χ3v) is 10.4. The van der Waals surface area contributed by atoms with Crippen LogP contribution in [0.3, 0.4) is 0 Å². The van der Waals surface area contributed by atoms with Gasteiger partial charge in [0.1, 0.15) is 13.2 Å². The summed E-state index contributed by atoms with van der Waals surface area (Å²) in [6, 6.07) is 0. The quantitative estimate of drug-likeness (QED) is 0.0263. The van der Waals surface area contributed by atoms with Crippen LogP contribution in [0.25, 0.3) is 0 Å². The van der Waals surface area contributed by atoms with Crippen molar-refractivity contribution in [3.8, 4) is 0 Å². The molecular weight excluding hydrogens is 745 g/mol. The Balaban J connectivity index is 4.45. The number of hydrogen-bond acceptors (Lipinski definition) is 6. The molecule has 0 N–H and O–H groups in total. The van der Waals surface area contributed by atoms with E-state index in [2.05, 4.69) is 81.5 Å². The molecule has 0 spiro atoms. The maximum Gasteiger partial charge on any atom is 0.306 e. The highest BCUT2D eigenvalue weighted by Crippen LogP contribution is 2.13. The number of rotatable bonds is 44. The molecule has 0 saturated heterocycles. The minimum Gasteiger partial charge on any atom is -0.462 e. The highest BCUT2D eigenvalue weighted by atomic mass is 16.6. The van der Waals surface area contributed by atoms with Crippen LogP contribution in [0, 0.1) is 0 Å². The Morgan fingerprint density at radius 1 is 0.350 bits per heavy atom. The summed E-state index contributed by atoms with van der Waals surface area (Å²) < 4.78 is 16.7. The first kappa shape index (κ1) is 56.9. The molecule has 0 fully saturated rings. The van der Waals surface area contributed by atoms with Crippen molar-refractivity contribution in [2.75, 3.05) is 13.2 Å². The summed E-state index contributed by atoms with van der Waals surface area (Å²) >= 11 is 0. The molecule has 0 aliphatic heterocycles. The standard InChI is InChI=1S/C54H92O6/c1-4-7-10-13-16-19-22-25-26-27-28-30-32-35-38-41-44-47-53(56)59-50-51(49-58-52(55)46-43-40-37-34-31-24-21-18-15-12-9-6-3)60-54(57)48-45-42-39-36-33-29-23-20-17-14-11-8-5-2/h8,11,17-18,20-21,25-26,29,33,39,42,51H,4-7,9-10,12-16,19,22-24,27-28,30-32,34-38,40-41,43-50H2,1-3H3/b11-8-,20-17-,21-18-,26-25-,33-29-,42-39-. The molecule has 0 aliphatic rings. The van der Waals surface area contributed by atoms with Crippen LogP contribution in [0.2, 0.25) is 0 Å². The first-order valence-electron chi connectivity index (χ1n) is 24.9. The molecule has 0 aromatic carbocycles. The molecule has 60 heavy (non-hydrogen) atoms. The van der Waals surface area contributed by atoms with E-state index in [1.165, 1.54) is 109 Å². The summed E-state index contributed by atoms with van der Waals surface area (Å²) in [6.45, 7) is 6.41. The van der Waals surface area contributed by atoms with Gasteiger partial charge in [-0.1, -0.05) is 190 Å². The van der Waals surface area contributed by atoms with Crippen LogP contribution in [0.5, 0.6) is 0 Å². The lowest BCUT2D eigenvalue weighted by molar-refractivity contribution is -0.166. The fourth-order valence-electron chi connectivity index (χ4n) is 6.68. The lowest BCUT2D eigenvalue weighted by Crippen LogP contribution is -2.30. The average molecular weight is 837 g/mol. The van der Waals surface area contributed by atoms with E-state index in [9.17, 15) is 14.4 Å². The van der Waals surface area contributed by atoms with E-state index in [0.717, 1.165) is 77.0 Å². The van der Waals surface area contributed by atoms with E-state index >= 15 is 0 Å². The molecule has 0 rings (SSSR count). The molecule has 344 valence electrons. The van der Waals surface area contributed by atoms with Gasteiger partial charge in [0.25, 0.3) is 0 Å². The summed E-state index contributed by atoms with van der Waals surface area (Å²) in [4.78, 5) is 37.8. The molecule has 0 amide bonds. The lowest BCUT2D eigenvalue weighted by atomic mass is 10.1. The van der Waals surface area contributed by atoms with Crippen molar-refractivity contribution >= 4 is 17.9 Å². The van der Waals surface area contributed by atoms with Crippen LogP contribution in [0.1, 0.15) is 233 Å². The van der Waals surface area contributed by atoms with Gasteiger partial charge < -0.3 is 14.2 Å². The van der Waals surface area contributed by atoms with Crippen LogP contribution in [-0.2, 0) is 28.6 Å². The number of carbonyl (C=O) groups is 3. The minimum absolute atomic E-state index is 0.109. The Bertz CT molecular complexity index is 1140. The molecular formula is C54H92O6. The highest BCUT2D eigenvalue weighted by Gasteiger charge is 2.19. The molecule has 0 aliphatic carbocycles. The van der Waals surface area contributed by atoms with Gasteiger partial charge in [-0.15, -0.1) is 0 Å². The van der Waals surface area contributed by atoms with E-state index < -0.39 is 12.1 Å². The van der Waals surface area contributed by atoms with Crippen molar-refractivity contribution in [3.05, 3.63) is 72.9 Å². The number of allylic oxidation sites excluding steroid dienone is 12. The third kappa shape index (κ3) is 45.9. The summed E-state index contributed by atoms with van der Waals surface area (Å²) in [6.07, 6.45) is 60.4. The van der Waals surface area contributed by atoms with Crippen molar-refractivity contribution in [2.45, 2.75) is 239 Å². The normalized spacial score (nSPS) is 12.7. The zero-order valence-electron chi connectivity index (χ0n) is 39.2. The number of hydrogen-bond donors (Lipinski definition) is 0. The van der Waals surface area contributed by atoms with Crippen LogP contribution in [0.4, 0.5) is 0 Å². The first-order chi connectivity index (χ1) is 29.5. The predicted molar refractivity (Wildman–Crippen MR) is 256 cm³/mol. The molecule has 1 unspecified atom stereocenters. The van der Waals surface area contributed by atoms with Gasteiger partial charge in [-0.3, -0.25) is 14.4 Å². The van der Waals surface area contributed by atoms with Gasteiger partial charge in [0.15, 0.2) is 6.10 Å². The predicted octanol–water partition coefficient (Wildman–Crippen LogP) is 16.3. The molecule has 0 aromatic heterocycles. The third-order valence-electron chi connectivity index (χ3n) is 10.4. The van der Waals surface area contributed by atoms with Gasteiger partial charge in [-0.05, 0) is 96.3 Å². The van der Waals surface area contributed by atoms with Gasteiger partial charge in [-0.2, -0.15) is 0 Å². The second-order valence-corrected chi connectivity index (χ2v) is 16.3. The first-order valence-corrected chi connectivity index (χ1v) is 24.9. The number of carbonyl (C=O) groups excluding carboxylic acids is 3. The van der Waals surface area contributed by atoms with Gasteiger partial charge in [0.2, 0.25) is 0 Å². The van der Waals surface area contributed by atoms with E-state index in [-0.39, 0.29) is 31.6 Å². The van der Waals surface area contributed by atoms with Crippen molar-refractivity contribution in [2.24, 2.45) is 0 Å². The second kappa shape index (κ2) is 48.5. The molecule has 0 saturated carbocycles. The highest BCUT2D eigenvalue weighted by molar-refractivity contribution is 5.71. The zero-order chi connectivity index (χ0) is 43.7. The summed E-state index contributed by atoms with van der Waals surface area (Å²) in [5.74, 6) is -1.01. The minimum atomic E-state index is -0.816. The van der Waals surface area contributed by atoms with E-state index in [0.29, 0.717) is 19.3 Å². The Hall–Kier alpha value is -3.15. The van der Waals surface area contributed by atoms with Gasteiger partial charge in [0.05, 0.1) is 0 Å². The van der Waals surface area contributed by atoms with Crippen LogP contribution >= 0.6 is 0 Å². The van der Waals surface area contributed by atoms with Crippen molar-refractivity contribution in [1.82, 2.24) is 0 Å². The SMILES string of the molecule is CC/C=C\C/C=C\C/C=C\C/C=C\CCC(=O)OC(COC(=O)CCCCCCC/C=C\CCCCC)COC(=O)CCCCCCCCC/C=C\CCCCCCCC. The van der Waals surface area contributed by atoms with Gasteiger partial charge in [0, 0.05) is 19.3 Å². The fraction of sp³-hybridized carbons (Fsp3) is 0.722. The molecule has 0 heterocycles. The topological polar surface area (TPSA) is 78.9 Å². The molecule has 6 nitrogen and oxygen atoms in total. The second-order valence-electron chi connectivity index (χ2n) is 16.3. The Labute approximate surface area is 370 Å². The van der Waals surface area contributed by atoms with Crippen molar-refractivity contribution < 1.29 is 28.6 Å². The summed E-state index contributed by atoms with van der Waals surface area (Å²) in [7, 11) is 0. The molecule has 0 radical (unpaired) electrons.